The van der Waals surface area contributed by atoms with Gasteiger partial charge in [-0.3, -0.25) is 0 Å². The average molecular weight is 222 g/mol. The molecular formula is C15H14N2. The number of benzene rings is 2. The molecule has 0 aromatic heterocycles. The maximum atomic E-state index is 9.12. The summed E-state index contributed by atoms with van der Waals surface area (Å²) in [4.78, 5) is 2.34. The molecule has 0 bridgehead atoms. The van der Waals surface area contributed by atoms with E-state index < -0.39 is 0 Å². The Morgan fingerprint density at radius 2 is 1.82 bits per heavy atom. The third kappa shape index (κ3) is 1.64. The van der Waals surface area contributed by atoms with E-state index in [4.69, 9.17) is 5.26 Å². The predicted octanol–water partition coefficient (Wildman–Crippen LogP) is 3.31. The van der Waals surface area contributed by atoms with E-state index in [0.29, 0.717) is 6.04 Å². The zero-order valence-corrected chi connectivity index (χ0v) is 9.85. The lowest BCUT2D eigenvalue weighted by Crippen LogP contribution is -2.19. The summed E-state index contributed by atoms with van der Waals surface area (Å²) in [6.45, 7) is 0. The van der Waals surface area contributed by atoms with E-state index in [1.807, 2.05) is 24.3 Å². The molecule has 2 aromatic carbocycles. The van der Waals surface area contributed by atoms with Gasteiger partial charge in [0, 0.05) is 29.5 Å². The molecule has 84 valence electrons. The van der Waals surface area contributed by atoms with Gasteiger partial charge in [0.1, 0.15) is 0 Å². The summed E-state index contributed by atoms with van der Waals surface area (Å²) in [5.41, 5.74) is 2.00. The molecule has 0 atom stereocenters. The predicted molar refractivity (Wildman–Crippen MR) is 70.1 cm³/mol. The van der Waals surface area contributed by atoms with E-state index in [-0.39, 0.29) is 0 Å². The van der Waals surface area contributed by atoms with Crippen LogP contribution in [0.1, 0.15) is 18.4 Å². The molecule has 2 nitrogen and oxygen atoms in total. The zero-order chi connectivity index (χ0) is 11.8. The molecule has 0 amide bonds. The van der Waals surface area contributed by atoms with Gasteiger partial charge in [-0.1, -0.05) is 24.3 Å². The van der Waals surface area contributed by atoms with Crippen LogP contribution in [0.5, 0.6) is 0 Å². The largest absolute Gasteiger partial charge is 0.371 e. The van der Waals surface area contributed by atoms with Crippen LogP contribution in [-0.2, 0) is 0 Å². The molecule has 1 aliphatic rings. The summed E-state index contributed by atoms with van der Waals surface area (Å²) in [6, 6.07) is 15.1. The quantitative estimate of drug-likeness (QED) is 0.779. The number of fused-ring (bicyclic) bond motifs is 1. The lowest BCUT2D eigenvalue weighted by molar-refractivity contribution is 0.922. The molecule has 0 unspecified atom stereocenters. The van der Waals surface area contributed by atoms with Crippen molar-refractivity contribution in [1.82, 2.24) is 0 Å². The highest BCUT2D eigenvalue weighted by Crippen LogP contribution is 2.35. The van der Waals surface area contributed by atoms with Gasteiger partial charge in [0.25, 0.3) is 0 Å². The summed E-state index contributed by atoms with van der Waals surface area (Å²) < 4.78 is 0. The van der Waals surface area contributed by atoms with Crippen molar-refractivity contribution in [2.45, 2.75) is 18.9 Å². The van der Waals surface area contributed by atoms with E-state index in [1.54, 1.807) is 0 Å². The standard InChI is InChI=1S/C15H14N2/c1-17(12-7-8-12)15-9-6-11(10-16)13-4-2-3-5-14(13)15/h2-6,9,12H,7-8H2,1H3. The van der Waals surface area contributed by atoms with Crippen LogP contribution >= 0.6 is 0 Å². The monoisotopic (exact) mass is 222 g/mol. The maximum Gasteiger partial charge on any atom is 0.0998 e. The number of hydrogen-bond donors (Lipinski definition) is 0. The first-order chi connectivity index (χ1) is 8.31. The third-order valence-corrected chi connectivity index (χ3v) is 3.50. The molecule has 0 spiro atoms. The van der Waals surface area contributed by atoms with E-state index in [9.17, 15) is 0 Å². The Kier molecular flexibility index (Phi) is 2.26. The van der Waals surface area contributed by atoms with Gasteiger partial charge in [-0.25, -0.2) is 0 Å². The third-order valence-electron chi connectivity index (χ3n) is 3.50. The van der Waals surface area contributed by atoms with Crippen molar-refractivity contribution in [3.63, 3.8) is 0 Å². The summed E-state index contributed by atoms with van der Waals surface area (Å²) in [6.07, 6.45) is 2.57. The Morgan fingerprint density at radius 3 is 2.47 bits per heavy atom. The van der Waals surface area contributed by atoms with Gasteiger partial charge in [-0.15, -0.1) is 0 Å². The molecule has 0 aliphatic heterocycles. The molecule has 1 fully saturated rings. The smallest absolute Gasteiger partial charge is 0.0998 e. The first-order valence-corrected chi connectivity index (χ1v) is 5.96. The maximum absolute atomic E-state index is 9.12. The summed E-state index contributed by atoms with van der Waals surface area (Å²) in [5.74, 6) is 0. The van der Waals surface area contributed by atoms with Crippen LogP contribution in [0.3, 0.4) is 0 Å². The van der Waals surface area contributed by atoms with E-state index in [1.165, 1.54) is 23.9 Å². The molecule has 1 aliphatic carbocycles. The number of nitriles is 1. The van der Waals surface area contributed by atoms with E-state index in [2.05, 4.69) is 30.1 Å². The second-order valence-corrected chi connectivity index (χ2v) is 4.63. The lowest BCUT2D eigenvalue weighted by Gasteiger charge is -2.21. The highest BCUT2D eigenvalue weighted by Gasteiger charge is 2.27. The van der Waals surface area contributed by atoms with Crippen LogP contribution < -0.4 is 4.90 Å². The van der Waals surface area contributed by atoms with Crippen molar-refractivity contribution < 1.29 is 0 Å². The zero-order valence-electron chi connectivity index (χ0n) is 9.85. The Hall–Kier alpha value is -2.01. The Bertz CT molecular complexity index is 606. The van der Waals surface area contributed by atoms with Crippen molar-refractivity contribution in [2.75, 3.05) is 11.9 Å². The van der Waals surface area contributed by atoms with Gasteiger partial charge in [0.05, 0.1) is 11.6 Å². The SMILES string of the molecule is CN(c1ccc(C#N)c2ccccc12)C1CC1. The summed E-state index contributed by atoms with van der Waals surface area (Å²) >= 11 is 0. The van der Waals surface area contributed by atoms with Crippen molar-refractivity contribution in [3.05, 3.63) is 42.0 Å². The minimum atomic E-state index is 0.686. The first-order valence-electron chi connectivity index (χ1n) is 5.96. The van der Waals surface area contributed by atoms with Gasteiger partial charge < -0.3 is 4.90 Å². The van der Waals surface area contributed by atoms with E-state index >= 15 is 0 Å². The molecule has 0 saturated heterocycles. The molecule has 2 aromatic rings. The summed E-state index contributed by atoms with van der Waals surface area (Å²) in [5, 5.41) is 11.4. The molecule has 1 saturated carbocycles. The minimum absolute atomic E-state index is 0.686. The van der Waals surface area contributed by atoms with Gasteiger partial charge in [0.2, 0.25) is 0 Å². The highest BCUT2D eigenvalue weighted by atomic mass is 15.2. The molecular weight excluding hydrogens is 208 g/mol. The van der Waals surface area contributed by atoms with Gasteiger partial charge in [-0.2, -0.15) is 5.26 Å². The fourth-order valence-corrected chi connectivity index (χ4v) is 2.35. The number of nitrogens with zero attached hydrogens (tertiary/aromatic N) is 2. The van der Waals surface area contributed by atoms with Crippen molar-refractivity contribution in [2.24, 2.45) is 0 Å². The van der Waals surface area contributed by atoms with Crippen LogP contribution in [0, 0.1) is 11.3 Å². The van der Waals surface area contributed by atoms with Crippen molar-refractivity contribution in [1.29, 1.82) is 5.26 Å². The van der Waals surface area contributed by atoms with Crippen molar-refractivity contribution >= 4 is 16.5 Å². The topological polar surface area (TPSA) is 27.0 Å². The van der Waals surface area contributed by atoms with Crippen molar-refractivity contribution in [3.8, 4) is 6.07 Å². The fraction of sp³-hybridized carbons (Fsp3) is 0.267. The normalized spacial score (nSPS) is 14.6. The molecule has 2 heteroatoms. The highest BCUT2D eigenvalue weighted by molar-refractivity contribution is 5.97. The van der Waals surface area contributed by atoms with E-state index in [0.717, 1.165) is 10.9 Å². The Morgan fingerprint density at radius 1 is 1.12 bits per heavy atom. The van der Waals surface area contributed by atoms with Crippen LogP contribution in [0.4, 0.5) is 5.69 Å². The molecule has 3 rings (SSSR count). The summed E-state index contributed by atoms with van der Waals surface area (Å²) in [7, 11) is 2.14. The number of hydrogen-bond acceptors (Lipinski definition) is 2. The molecule has 17 heavy (non-hydrogen) atoms. The van der Waals surface area contributed by atoms with Crippen LogP contribution in [0.15, 0.2) is 36.4 Å². The second-order valence-electron chi connectivity index (χ2n) is 4.63. The first kappa shape index (κ1) is 10.2. The fourth-order valence-electron chi connectivity index (χ4n) is 2.35. The minimum Gasteiger partial charge on any atom is -0.371 e. The van der Waals surface area contributed by atoms with Crippen LogP contribution in [-0.4, -0.2) is 13.1 Å². The van der Waals surface area contributed by atoms with Gasteiger partial charge in [0.15, 0.2) is 0 Å². The van der Waals surface area contributed by atoms with Gasteiger partial charge >= 0.3 is 0 Å². The molecule has 0 N–H and O–H groups in total. The number of anilines is 1. The lowest BCUT2D eigenvalue weighted by atomic mass is 10.0. The number of rotatable bonds is 2. The average Bonchev–Trinajstić information content (AvgIpc) is 3.21. The van der Waals surface area contributed by atoms with Crippen LogP contribution in [0.25, 0.3) is 10.8 Å². The van der Waals surface area contributed by atoms with Crippen LogP contribution in [0.2, 0.25) is 0 Å². The second kappa shape index (κ2) is 3.78. The Labute approximate surface area is 101 Å². The van der Waals surface area contributed by atoms with Gasteiger partial charge in [-0.05, 0) is 25.0 Å². The Balaban J connectivity index is 2.23. The molecule has 0 radical (unpaired) electrons. The molecule has 0 heterocycles.